The van der Waals surface area contributed by atoms with Crippen LogP contribution in [0, 0.1) is 0 Å². The SMILES string of the molecule is COc1cc(CNC(CCSC)C(=O)O)c(Br)cc1OCc1c(Cl)cccc1Cl. The van der Waals surface area contributed by atoms with Crippen molar-refractivity contribution in [1.82, 2.24) is 5.32 Å². The highest BCUT2D eigenvalue weighted by atomic mass is 79.9. The molecule has 0 heterocycles. The standard InChI is InChI=1S/C20H22BrCl2NO4S/c1-27-18-8-12(10-24-17(20(25)26)6-7-29-2)14(21)9-19(18)28-11-13-15(22)4-3-5-16(13)23/h3-5,8-9,17,24H,6-7,10-11H2,1-2H3,(H,25,26). The molecule has 2 aromatic rings. The van der Waals surface area contributed by atoms with Crippen molar-refractivity contribution in [3.63, 3.8) is 0 Å². The zero-order valence-electron chi connectivity index (χ0n) is 16.0. The number of carboxylic acid groups (broad SMARTS) is 1. The Bertz CT molecular complexity index is 833. The minimum atomic E-state index is -0.862. The van der Waals surface area contributed by atoms with E-state index in [2.05, 4.69) is 21.2 Å². The molecule has 29 heavy (non-hydrogen) atoms. The zero-order valence-corrected chi connectivity index (χ0v) is 19.9. The van der Waals surface area contributed by atoms with Crippen molar-refractivity contribution in [3.8, 4) is 11.5 Å². The van der Waals surface area contributed by atoms with Gasteiger partial charge in [0.1, 0.15) is 12.6 Å². The van der Waals surface area contributed by atoms with E-state index in [1.807, 2.05) is 12.3 Å². The number of rotatable bonds is 11. The van der Waals surface area contributed by atoms with Crippen LogP contribution in [0.4, 0.5) is 0 Å². The average molecular weight is 523 g/mol. The number of hydrogen-bond acceptors (Lipinski definition) is 5. The van der Waals surface area contributed by atoms with Gasteiger partial charge in [-0.25, -0.2) is 0 Å². The molecule has 2 N–H and O–H groups in total. The fraction of sp³-hybridized carbons (Fsp3) is 0.350. The summed E-state index contributed by atoms with van der Waals surface area (Å²) in [5.41, 5.74) is 1.55. The molecule has 0 bridgehead atoms. The van der Waals surface area contributed by atoms with Crippen LogP contribution in [0.3, 0.4) is 0 Å². The maximum atomic E-state index is 11.4. The van der Waals surface area contributed by atoms with Crippen molar-refractivity contribution < 1.29 is 19.4 Å². The van der Waals surface area contributed by atoms with Gasteiger partial charge in [-0.15, -0.1) is 0 Å². The van der Waals surface area contributed by atoms with Gasteiger partial charge in [-0.05, 0) is 48.3 Å². The number of thioether (sulfide) groups is 1. The van der Waals surface area contributed by atoms with Crippen LogP contribution in [0.1, 0.15) is 17.5 Å². The monoisotopic (exact) mass is 521 g/mol. The summed E-state index contributed by atoms with van der Waals surface area (Å²) in [4.78, 5) is 11.4. The third-order valence-electron chi connectivity index (χ3n) is 4.21. The summed E-state index contributed by atoms with van der Waals surface area (Å²) in [6.07, 6.45) is 2.50. The lowest BCUT2D eigenvalue weighted by molar-refractivity contribution is -0.139. The Hall–Kier alpha value is -1.12. The summed E-state index contributed by atoms with van der Waals surface area (Å²) in [6.45, 7) is 0.563. The molecule has 0 aliphatic heterocycles. The van der Waals surface area contributed by atoms with Crippen molar-refractivity contribution in [3.05, 3.63) is 56.0 Å². The topological polar surface area (TPSA) is 67.8 Å². The molecular formula is C20H22BrCl2NO4S. The van der Waals surface area contributed by atoms with Gasteiger partial charge < -0.3 is 19.9 Å². The average Bonchev–Trinajstić information content (AvgIpc) is 2.68. The van der Waals surface area contributed by atoms with Crippen LogP contribution in [-0.4, -0.2) is 36.2 Å². The highest BCUT2D eigenvalue weighted by Crippen LogP contribution is 2.35. The number of carboxylic acids is 1. The number of hydrogen-bond donors (Lipinski definition) is 2. The Kier molecular flexibility index (Phi) is 9.92. The van der Waals surface area contributed by atoms with E-state index in [1.165, 1.54) is 0 Å². The number of aliphatic carboxylic acids is 1. The largest absolute Gasteiger partial charge is 0.493 e. The highest BCUT2D eigenvalue weighted by molar-refractivity contribution is 9.10. The molecule has 5 nitrogen and oxygen atoms in total. The van der Waals surface area contributed by atoms with Crippen molar-refractivity contribution in [2.75, 3.05) is 19.1 Å². The predicted molar refractivity (Wildman–Crippen MR) is 123 cm³/mol. The number of methoxy groups -OCH3 is 1. The zero-order chi connectivity index (χ0) is 21.4. The molecule has 0 aromatic heterocycles. The van der Waals surface area contributed by atoms with Gasteiger partial charge in [0, 0.05) is 26.6 Å². The second-order valence-corrected chi connectivity index (χ2v) is 8.79. The summed E-state index contributed by atoms with van der Waals surface area (Å²) < 4.78 is 12.1. The molecule has 0 saturated carbocycles. The maximum Gasteiger partial charge on any atom is 0.320 e. The molecule has 0 radical (unpaired) electrons. The minimum absolute atomic E-state index is 0.189. The van der Waals surface area contributed by atoms with Gasteiger partial charge in [0.15, 0.2) is 11.5 Å². The Morgan fingerprint density at radius 2 is 1.97 bits per heavy atom. The Balaban J connectivity index is 2.13. The van der Waals surface area contributed by atoms with E-state index in [-0.39, 0.29) is 6.61 Å². The predicted octanol–water partition coefficient (Wildman–Crippen LogP) is 5.64. The van der Waals surface area contributed by atoms with Crippen LogP contribution in [-0.2, 0) is 17.9 Å². The fourth-order valence-corrected chi connectivity index (χ4v) is 4.03. The second-order valence-electron chi connectivity index (χ2n) is 6.14. The fourth-order valence-electron chi connectivity index (χ4n) is 2.59. The van der Waals surface area contributed by atoms with E-state index >= 15 is 0 Å². The quantitative estimate of drug-likeness (QED) is 0.398. The number of carbonyl (C=O) groups is 1. The molecule has 0 aliphatic carbocycles. The molecule has 1 atom stereocenters. The first kappa shape index (κ1) is 24.2. The van der Waals surface area contributed by atoms with Crippen molar-refractivity contribution in [1.29, 1.82) is 0 Å². The van der Waals surface area contributed by atoms with Gasteiger partial charge in [-0.1, -0.05) is 45.2 Å². The third kappa shape index (κ3) is 6.96. The first-order valence-electron chi connectivity index (χ1n) is 8.74. The van der Waals surface area contributed by atoms with E-state index in [1.54, 1.807) is 43.1 Å². The van der Waals surface area contributed by atoms with E-state index in [0.29, 0.717) is 40.1 Å². The minimum Gasteiger partial charge on any atom is -0.493 e. The van der Waals surface area contributed by atoms with Crippen LogP contribution in [0.5, 0.6) is 11.5 Å². The molecule has 0 spiro atoms. The first-order chi connectivity index (χ1) is 13.9. The van der Waals surface area contributed by atoms with Gasteiger partial charge in [0.2, 0.25) is 0 Å². The van der Waals surface area contributed by atoms with E-state index in [9.17, 15) is 9.90 Å². The summed E-state index contributed by atoms with van der Waals surface area (Å²) >= 11 is 17.5. The van der Waals surface area contributed by atoms with Gasteiger partial charge >= 0.3 is 5.97 Å². The first-order valence-corrected chi connectivity index (χ1v) is 11.7. The molecule has 2 aromatic carbocycles. The molecule has 0 aliphatic rings. The number of halogens is 3. The summed E-state index contributed by atoms with van der Waals surface area (Å²) in [6, 6.07) is 8.27. The van der Waals surface area contributed by atoms with E-state index < -0.39 is 12.0 Å². The lowest BCUT2D eigenvalue weighted by Crippen LogP contribution is -2.36. The van der Waals surface area contributed by atoms with Gasteiger partial charge in [0.05, 0.1) is 7.11 Å². The van der Waals surface area contributed by atoms with Crippen LogP contribution >= 0.6 is 50.9 Å². The molecule has 0 saturated heterocycles. The highest BCUT2D eigenvalue weighted by Gasteiger charge is 2.18. The van der Waals surface area contributed by atoms with Crippen LogP contribution in [0.15, 0.2) is 34.8 Å². The molecule has 0 amide bonds. The van der Waals surface area contributed by atoms with Crippen LogP contribution < -0.4 is 14.8 Å². The van der Waals surface area contributed by atoms with Crippen molar-refractivity contribution in [2.45, 2.75) is 25.6 Å². The Morgan fingerprint density at radius 1 is 1.28 bits per heavy atom. The second kappa shape index (κ2) is 11.9. The van der Waals surface area contributed by atoms with Gasteiger partial charge in [0.25, 0.3) is 0 Å². The Labute approximate surface area is 193 Å². The number of nitrogens with one attached hydrogen (secondary N) is 1. The Morgan fingerprint density at radius 3 is 2.55 bits per heavy atom. The van der Waals surface area contributed by atoms with E-state index in [0.717, 1.165) is 15.8 Å². The van der Waals surface area contributed by atoms with E-state index in [4.69, 9.17) is 32.7 Å². The third-order valence-corrected chi connectivity index (χ3v) is 6.30. The lowest BCUT2D eigenvalue weighted by Gasteiger charge is -2.17. The van der Waals surface area contributed by atoms with Crippen molar-refractivity contribution in [2.24, 2.45) is 0 Å². The van der Waals surface area contributed by atoms with Crippen LogP contribution in [0.2, 0.25) is 10.0 Å². The molecule has 0 fully saturated rings. The molecule has 1 unspecified atom stereocenters. The normalized spacial score (nSPS) is 11.9. The van der Waals surface area contributed by atoms with Gasteiger partial charge in [-0.2, -0.15) is 11.8 Å². The van der Waals surface area contributed by atoms with Crippen LogP contribution in [0.25, 0.3) is 0 Å². The molecule has 9 heteroatoms. The van der Waals surface area contributed by atoms with Crippen molar-refractivity contribution >= 4 is 56.9 Å². The summed E-state index contributed by atoms with van der Waals surface area (Å²) in [7, 11) is 1.55. The molecule has 2 rings (SSSR count). The maximum absolute atomic E-state index is 11.4. The van der Waals surface area contributed by atoms with Gasteiger partial charge in [-0.3, -0.25) is 4.79 Å². The molecule has 158 valence electrons. The summed E-state index contributed by atoms with van der Waals surface area (Å²) in [5, 5.41) is 13.5. The number of ether oxygens (including phenoxy) is 2. The molecular weight excluding hydrogens is 501 g/mol. The smallest absolute Gasteiger partial charge is 0.320 e. The lowest BCUT2D eigenvalue weighted by atomic mass is 10.1. The number of benzene rings is 2. The summed E-state index contributed by atoms with van der Waals surface area (Å²) in [5.74, 6) is 0.963.